The van der Waals surface area contributed by atoms with Crippen LogP contribution < -0.4 is 4.74 Å². The summed E-state index contributed by atoms with van der Waals surface area (Å²) in [6, 6.07) is 19.7. The maximum atomic E-state index is 11.9. The van der Waals surface area contributed by atoms with Crippen LogP contribution in [-0.2, 0) is 5.60 Å². The summed E-state index contributed by atoms with van der Waals surface area (Å²) in [4.78, 5) is 2.49. The van der Waals surface area contributed by atoms with E-state index in [1.807, 2.05) is 30.3 Å². The van der Waals surface area contributed by atoms with E-state index in [2.05, 4.69) is 29.2 Å². The zero-order valence-corrected chi connectivity index (χ0v) is 18.2. The molecule has 4 heteroatoms. The van der Waals surface area contributed by atoms with E-state index in [1.54, 1.807) is 12.1 Å². The van der Waals surface area contributed by atoms with Crippen LogP contribution in [0.25, 0.3) is 0 Å². The number of aliphatic hydroxyl groups is 1. The summed E-state index contributed by atoms with van der Waals surface area (Å²) in [7, 11) is 0. The van der Waals surface area contributed by atoms with Crippen LogP contribution >= 0.6 is 0 Å². The van der Waals surface area contributed by atoms with Gasteiger partial charge in [-0.3, -0.25) is 0 Å². The van der Waals surface area contributed by atoms with Crippen molar-refractivity contribution in [2.24, 2.45) is 5.92 Å². The van der Waals surface area contributed by atoms with Gasteiger partial charge in [0.2, 0.25) is 0 Å². The average Bonchev–Trinajstić information content (AvgIpc) is 3.38. The second kappa shape index (κ2) is 10.1. The Balaban J connectivity index is 1.28. The summed E-state index contributed by atoms with van der Waals surface area (Å²) in [5.41, 5.74) is 2.12. The molecule has 0 amide bonds. The molecular formula is C27H32N2O2. The standard InChI is InChI=1S/C27H32N2O2/c28-21-22-11-13-26(14-12-22)31-20-6-17-29-18-15-25(16-19-29)27(30,24-9-4-5-10-24)23-7-2-1-3-8-23/h1-3,7-9,11-14,25,30H,4-6,10,15-20H2. The Bertz CT molecular complexity index is 909. The second-order valence-electron chi connectivity index (χ2n) is 8.71. The lowest BCUT2D eigenvalue weighted by Gasteiger charge is -2.43. The first-order valence-corrected chi connectivity index (χ1v) is 11.5. The molecule has 31 heavy (non-hydrogen) atoms. The summed E-state index contributed by atoms with van der Waals surface area (Å²) in [6.45, 7) is 3.72. The minimum Gasteiger partial charge on any atom is -0.494 e. The van der Waals surface area contributed by atoms with Crippen molar-refractivity contribution in [2.45, 2.75) is 44.1 Å². The van der Waals surface area contributed by atoms with Crippen molar-refractivity contribution in [3.8, 4) is 11.8 Å². The smallest absolute Gasteiger partial charge is 0.119 e. The lowest BCUT2D eigenvalue weighted by Crippen LogP contribution is -2.44. The maximum absolute atomic E-state index is 11.9. The van der Waals surface area contributed by atoms with Gasteiger partial charge in [-0.2, -0.15) is 5.26 Å². The van der Waals surface area contributed by atoms with Gasteiger partial charge in [-0.05, 0) is 92.9 Å². The van der Waals surface area contributed by atoms with Crippen molar-refractivity contribution in [3.05, 3.63) is 77.4 Å². The molecule has 0 radical (unpaired) electrons. The number of likely N-dealkylation sites (tertiary alicyclic amines) is 1. The number of hydrogen-bond donors (Lipinski definition) is 1. The highest BCUT2D eigenvalue weighted by atomic mass is 16.5. The van der Waals surface area contributed by atoms with Gasteiger partial charge in [0.1, 0.15) is 11.4 Å². The molecule has 0 spiro atoms. The van der Waals surface area contributed by atoms with Gasteiger partial charge in [-0.25, -0.2) is 0 Å². The second-order valence-corrected chi connectivity index (χ2v) is 8.71. The van der Waals surface area contributed by atoms with E-state index in [-0.39, 0.29) is 5.92 Å². The Morgan fingerprint density at radius 3 is 2.45 bits per heavy atom. The Morgan fingerprint density at radius 1 is 1.06 bits per heavy atom. The van der Waals surface area contributed by atoms with Crippen LogP contribution in [0, 0.1) is 17.2 Å². The van der Waals surface area contributed by atoms with Gasteiger partial charge in [0.05, 0.1) is 18.2 Å². The summed E-state index contributed by atoms with van der Waals surface area (Å²) in [5, 5.41) is 20.8. The summed E-state index contributed by atoms with van der Waals surface area (Å²) in [6.07, 6.45) is 8.53. The fourth-order valence-electron chi connectivity index (χ4n) is 5.07. The predicted molar refractivity (Wildman–Crippen MR) is 123 cm³/mol. The van der Waals surface area contributed by atoms with Crippen molar-refractivity contribution in [3.63, 3.8) is 0 Å². The molecule has 1 N–H and O–H groups in total. The van der Waals surface area contributed by atoms with Crippen molar-refractivity contribution < 1.29 is 9.84 Å². The van der Waals surface area contributed by atoms with Crippen molar-refractivity contribution >= 4 is 0 Å². The first-order valence-electron chi connectivity index (χ1n) is 11.5. The first-order chi connectivity index (χ1) is 15.2. The molecular weight excluding hydrogens is 384 g/mol. The fourth-order valence-corrected chi connectivity index (χ4v) is 5.07. The molecule has 1 fully saturated rings. The van der Waals surface area contributed by atoms with Gasteiger partial charge in [0.25, 0.3) is 0 Å². The number of nitrogens with zero attached hydrogens (tertiary/aromatic N) is 2. The monoisotopic (exact) mass is 416 g/mol. The molecule has 1 atom stereocenters. The molecule has 0 saturated carbocycles. The zero-order chi connectivity index (χ0) is 21.5. The van der Waals surface area contributed by atoms with E-state index in [1.165, 1.54) is 5.57 Å². The third-order valence-corrected chi connectivity index (χ3v) is 6.79. The van der Waals surface area contributed by atoms with Crippen molar-refractivity contribution in [1.82, 2.24) is 4.90 Å². The number of nitriles is 1. The molecule has 1 aliphatic carbocycles. The summed E-state index contributed by atoms with van der Waals surface area (Å²) >= 11 is 0. The van der Waals surface area contributed by atoms with E-state index in [4.69, 9.17) is 10.00 Å². The van der Waals surface area contributed by atoms with Gasteiger partial charge in [0.15, 0.2) is 0 Å². The minimum absolute atomic E-state index is 0.269. The molecule has 2 aliphatic rings. The fraction of sp³-hybridized carbons (Fsp3) is 0.444. The molecule has 1 aliphatic heterocycles. The van der Waals surface area contributed by atoms with E-state index < -0.39 is 5.60 Å². The van der Waals surface area contributed by atoms with Gasteiger partial charge in [0, 0.05) is 6.54 Å². The maximum Gasteiger partial charge on any atom is 0.119 e. The lowest BCUT2D eigenvalue weighted by molar-refractivity contribution is -0.0196. The van der Waals surface area contributed by atoms with Crippen molar-refractivity contribution in [1.29, 1.82) is 5.26 Å². The molecule has 162 valence electrons. The van der Waals surface area contributed by atoms with E-state index in [0.717, 1.165) is 69.5 Å². The molecule has 0 aromatic heterocycles. The Labute approximate surface area is 185 Å². The highest BCUT2D eigenvalue weighted by Gasteiger charge is 2.43. The topological polar surface area (TPSA) is 56.5 Å². The number of ether oxygens (including phenoxy) is 1. The third kappa shape index (κ3) is 5.01. The number of allylic oxidation sites excluding steroid dienone is 1. The largest absolute Gasteiger partial charge is 0.494 e. The average molecular weight is 417 g/mol. The molecule has 4 rings (SSSR count). The Kier molecular flexibility index (Phi) is 7.06. The summed E-state index contributed by atoms with van der Waals surface area (Å²) < 4.78 is 5.81. The molecule has 1 heterocycles. The number of rotatable bonds is 8. The molecule has 4 nitrogen and oxygen atoms in total. The third-order valence-electron chi connectivity index (χ3n) is 6.79. The number of benzene rings is 2. The lowest BCUT2D eigenvalue weighted by atomic mass is 9.71. The Morgan fingerprint density at radius 2 is 1.81 bits per heavy atom. The highest BCUT2D eigenvalue weighted by Crippen LogP contribution is 2.45. The Hall–Kier alpha value is -2.61. The minimum atomic E-state index is -0.817. The van der Waals surface area contributed by atoms with Crippen LogP contribution in [0.3, 0.4) is 0 Å². The van der Waals surface area contributed by atoms with E-state index in [0.29, 0.717) is 12.2 Å². The molecule has 2 aromatic rings. The first kappa shape index (κ1) is 21.6. The molecule has 1 unspecified atom stereocenters. The van der Waals surface area contributed by atoms with Gasteiger partial charge < -0.3 is 14.7 Å². The van der Waals surface area contributed by atoms with Gasteiger partial charge in [-0.1, -0.05) is 36.4 Å². The van der Waals surface area contributed by atoms with Crippen LogP contribution in [0.2, 0.25) is 0 Å². The normalized spacial score (nSPS) is 19.4. The van der Waals surface area contributed by atoms with Crippen molar-refractivity contribution in [2.75, 3.05) is 26.2 Å². The van der Waals surface area contributed by atoms with Crippen LogP contribution in [-0.4, -0.2) is 36.2 Å². The van der Waals surface area contributed by atoms with Gasteiger partial charge in [-0.15, -0.1) is 0 Å². The predicted octanol–water partition coefficient (Wildman–Crippen LogP) is 5.04. The number of hydrogen-bond acceptors (Lipinski definition) is 4. The van der Waals surface area contributed by atoms with Crippen LogP contribution in [0.5, 0.6) is 5.75 Å². The molecule has 2 aromatic carbocycles. The van der Waals surface area contributed by atoms with Crippen LogP contribution in [0.4, 0.5) is 0 Å². The van der Waals surface area contributed by atoms with Crippen LogP contribution in [0.15, 0.2) is 66.2 Å². The number of piperidine rings is 1. The quantitative estimate of drug-likeness (QED) is 0.484. The zero-order valence-electron chi connectivity index (χ0n) is 18.2. The SMILES string of the molecule is N#Cc1ccc(OCCCN2CCC(C(O)(C3=CCCC3)c3ccccc3)CC2)cc1. The molecule has 1 saturated heterocycles. The summed E-state index contributed by atoms with van der Waals surface area (Å²) in [5.74, 6) is 1.08. The van der Waals surface area contributed by atoms with Gasteiger partial charge >= 0.3 is 0 Å². The highest BCUT2D eigenvalue weighted by molar-refractivity contribution is 5.36. The molecule has 0 bridgehead atoms. The van der Waals surface area contributed by atoms with E-state index in [9.17, 15) is 5.11 Å². The van der Waals surface area contributed by atoms with Crippen LogP contribution in [0.1, 0.15) is 49.7 Å². The van der Waals surface area contributed by atoms with E-state index >= 15 is 0 Å².